The van der Waals surface area contributed by atoms with Crippen LogP contribution in [-0.2, 0) is 0 Å². The number of rotatable bonds is 1. The maximum absolute atomic E-state index is 3.94. The molecule has 0 fully saturated rings. The predicted octanol–water partition coefficient (Wildman–Crippen LogP) is 3.18. The molecule has 2 rings (SSSR count). The van der Waals surface area contributed by atoms with Crippen molar-refractivity contribution in [3.8, 4) is 0 Å². The highest BCUT2D eigenvalue weighted by Gasteiger charge is 1.78. The van der Waals surface area contributed by atoms with E-state index in [9.17, 15) is 0 Å². The lowest BCUT2D eigenvalue weighted by atomic mass is 10.3. The number of benzene rings is 1. The van der Waals surface area contributed by atoms with Crippen LogP contribution in [0, 0.1) is 6.92 Å². The van der Waals surface area contributed by atoms with E-state index in [0.717, 1.165) is 11.4 Å². The van der Waals surface area contributed by atoms with Gasteiger partial charge in [0, 0.05) is 23.8 Å². The van der Waals surface area contributed by atoms with Crippen molar-refractivity contribution in [2.24, 2.45) is 0 Å². The van der Waals surface area contributed by atoms with Gasteiger partial charge in [-0.3, -0.25) is 4.98 Å². The highest BCUT2D eigenvalue weighted by Crippen LogP contribution is 2.01. The molecule has 1 aromatic carbocycles. The van der Waals surface area contributed by atoms with Gasteiger partial charge in [-0.1, -0.05) is 18.2 Å². The molecule has 0 amide bonds. The van der Waals surface area contributed by atoms with Gasteiger partial charge in [0.15, 0.2) is 0 Å². The molecule has 1 N–H and O–H groups in total. The Labute approximate surface area is 88.6 Å². The van der Waals surface area contributed by atoms with Gasteiger partial charge >= 0.3 is 0 Å². The van der Waals surface area contributed by atoms with Crippen molar-refractivity contribution in [2.75, 3.05) is 12.4 Å². The van der Waals surface area contributed by atoms with Crippen LogP contribution in [0.4, 0.5) is 5.69 Å². The first-order valence-corrected chi connectivity index (χ1v) is 5.35. The molecular formula is C11H14N2S. The molecule has 0 radical (unpaired) electrons. The van der Waals surface area contributed by atoms with Crippen molar-refractivity contribution >= 4 is 17.0 Å². The number of aromatic nitrogens is 1. The van der Waals surface area contributed by atoms with Crippen LogP contribution in [0.15, 0.2) is 41.2 Å². The molecule has 74 valence electrons. The van der Waals surface area contributed by atoms with Crippen molar-refractivity contribution in [3.05, 3.63) is 46.9 Å². The Morgan fingerprint density at radius 3 is 2.21 bits per heavy atom. The minimum atomic E-state index is 1.11. The van der Waals surface area contributed by atoms with Crippen LogP contribution in [-0.4, -0.2) is 12.0 Å². The van der Waals surface area contributed by atoms with Crippen molar-refractivity contribution in [1.29, 1.82) is 0 Å². The number of para-hydroxylation sites is 1. The normalized spacial score (nSPS) is 8.71. The fourth-order valence-electron chi connectivity index (χ4n) is 0.878. The average Bonchev–Trinajstić information content (AvgIpc) is 2.71. The molecule has 2 nitrogen and oxygen atoms in total. The first kappa shape index (κ1) is 10.7. The third-order valence-corrected chi connectivity index (χ3v) is 2.32. The molecule has 0 atom stereocenters. The molecule has 0 aliphatic carbocycles. The van der Waals surface area contributed by atoms with Crippen molar-refractivity contribution in [3.63, 3.8) is 0 Å². The topological polar surface area (TPSA) is 24.9 Å². The summed E-state index contributed by atoms with van der Waals surface area (Å²) in [5, 5.41) is 5.04. The van der Waals surface area contributed by atoms with E-state index in [-0.39, 0.29) is 0 Å². The number of hydrogen-bond acceptors (Lipinski definition) is 3. The molecule has 0 saturated heterocycles. The molecule has 0 aliphatic heterocycles. The van der Waals surface area contributed by atoms with Gasteiger partial charge in [-0.2, -0.15) is 0 Å². The van der Waals surface area contributed by atoms with Crippen molar-refractivity contribution in [2.45, 2.75) is 6.92 Å². The zero-order valence-corrected chi connectivity index (χ0v) is 9.21. The maximum Gasteiger partial charge on any atom is 0.0794 e. The van der Waals surface area contributed by atoms with Crippen LogP contribution >= 0.6 is 11.3 Å². The summed E-state index contributed by atoms with van der Waals surface area (Å²) in [7, 11) is 1.91. The molecular weight excluding hydrogens is 192 g/mol. The van der Waals surface area contributed by atoms with Gasteiger partial charge in [0.2, 0.25) is 0 Å². The van der Waals surface area contributed by atoms with E-state index in [2.05, 4.69) is 10.3 Å². The van der Waals surface area contributed by atoms with E-state index >= 15 is 0 Å². The largest absolute Gasteiger partial charge is 0.388 e. The molecule has 14 heavy (non-hydrogen) atoms. The summed E-state index contributed by atoms with van der Waals surface area (Å²) in [4.78, 5) is 3.94. The van der Waals surface area contributed by atoms with Crippen LogP contribution in [0.25, 0.3) is 0 Å². The second-order valence-electron chi connectivity index (χ2n) is 2.75. The number of thiazole rings is 1. The maximum atomic E-state index is 3.94. The number of nitrogens with zero attached hydrogens (tertiary/aromatic N) is 1. The van der Waals surface area contributed by atoms with Crippen LogP contribution in [0.2, 0.25) is 0 Å². The SMILES string of the molecule is CNc1ccccc1.Cc1cscn1. The number of anilines is 1. The highest BCUT2D eigenvalue weighted by atomic mass is 32.1. The first-order valence-electron chi connectivity index (χ1n) is 4.40. The van der Waals surface area contributed by atoms with Gasteiger partial charge in [-0.15, -0.1) is 11.3 Å². The van der Waals surface area contributed by atoms with Gasteiger partial charge in [0.1, 0.15) is 0 Å². The molecule has 0 aliphatic rings. The molecule has 1 heterocycles. The van der Waals surface area contributed by atoms with E-state index in [1.165, 1.54) is 0 Å². The average molecular weight is 206 g/mol. The minimum absolute atomic E-state index is 1.11. The van der Waals surface area contributed by atoms with Crippen molar-refractivity contribution in [1.82, 2.24) is 4.98 Å². The first-order chi connectivity index (χ1) is 6.83. The molecule has 0 saturated carbocycles. The Bertz CT molecular complexity index is 329. The molecule has 0 bridgehead atoms. The summed E-state index contributed by atoms with van der Waals surface area (Å²) < 4.78 is 0. The lowest BCUT2D eigenvalue weighted by Gasteiger charge is -1.94. The Hall–Kier alpha value is -1.35. The molecule has 0 spiro atoms. The lowest BCUT2D eigenvalue weighted by Crippen LogP contribution is -1.84. The van der Waals surface area contributed by atoms with E-state index < -0.39 is 0 Å². The number of nitrogens with one attached hydrogen (secondary N) is 1. The smallest absolute Gasteiger partial charge is 0.0794 e. The second kappa shape index (κ2) is 6.16. The van der Waals surface area contributed by atoms with Crippen molar-refractivity contribution < 1.29 is 0 Å². The molecule has 3 heteroatoms. The van der Waals surface area contributed by atoms with Gasteiger partial charge < -0.3 is 5.32 Å². The molecule has 0 unspecified atom stereocenters. The fraction of sp³-hybridized carbons (Fsp3) is 0.182. The quantitative estimate of drug-likeness (QED) is 0.775. The van der Waals surface area contributed by atoms with E-state index in [4.69, 9.17) is 0 Å². The van der Waals surface area contributed by atoms with Gasteiger partial charge in [0.25, 0.3) is 0 Å². The zero-order chi connectivity index (χ0) is 10.2. The van der Waals surface area contributed by atoms with Crippen LogP contribution in [0.1, 0.15) is 5.69 Å². The van der Waals surface area contributed by atoms with Gasteiger partial charge in [-0.05, 0) is 19.1 Å². The minimum Gasteiger partial charge on any atom is -0.388 e. The molecule has 2 aromatic rings. The Morgan fingerprint density at radius 1 is 1.21 bits per heavy atom. The van der Waals surface area contributed by atoms with Gasteiger partial charge in [-0.25, -0.2) is 0 Å². The second-order valence-corrected chi connectivity index (χ2v) is 3.46. The van der Waals surface area contributed by atoms with E-state index in [1.54, 1.807) is 11.3 Å². The standard InChI is InChI=1S/C7H9N.C4H5NS/c1-8-7-5-3-2-4-6-7;1-4-2-6-3-5-4/h2-6,8H,1H3;2-3H,1H3. The summed E-state index contributed by atoms with van der Waals surface area (Å²) >= 11 is 1.63. The third kappa shape index (κ3) is 4.05. The summed E-state index contributed by atoms with van der Waals surface area (Å²) in [6.07, 6.45) is 0. The van der Waals surface area contributed by atoms with E-state index in [1.807, 2.05) is 55.2 Å². The predicted molar refractivity (Wildman–Crippen MR) is 62.8 cm³/mol. The van der Waals surface area contributed by atoms with E-state index in [0.29, 0.717) is 0 Å². The van der Waals surface area contributed by atoms with Crippen LogP contribution in [0.3, 0.4) is 0 Å². The van der Waals surface area contributed by atoms with Crippen LogP contribution in [0.5, 0.6) is 0 Å². The molecule has 1 aromatic heterocycles. The Kier molecular flexibility index (Phi) is 4.72. The van der Waals surface area contributed by atoms with Gasteiger partial charge in [0.05, 0.1) is 5.51 Å². The summed E-state index contributed by atoms with van der Waals surface area (Å²) in [6.45, 7) is 1.98. The monoisotopic (exact) mass is 206 g/mol. The lowest BCUT2D eigenvalue weighted by molar-refractivity contribution is 1.27. The summed E-state index contributed by atoms with van der Waals surface area (Å²) in [5.41, 5.74) is 4.10. The zero-order valence-electron chi connectivity index (χ0n) is 8.40. The Balaban J connectivity index is 0.000000146. The number of aryl methyl sites for hydroxylation is 1. The Morgan fingerprint density at radius 2 is 1.93 bits per heavy atom. The highest BCUT2D eigenvalue weighted by molar-refractivity contribution is 7.07. The fourth-order valence-corrected chi connectivity index (χ4v) is 1.42. The summed E-state index contributed by atoms with van der Waals surface area (Å²) in [5.74, 6) is 0. The third-order valence-electron chi connectivity index (χ3n) is 1.62. The number of hydrogen-bond donors (Lipinski definition) is 1. The summed E-state index contributed by atoms with van der Waals surface area (Å²) in [6, 6.07) is 10.1. The van der Waals surface area contributed by atoms with Crippen LogP contribution < -0.4 is 5.32 Å².